The van der Waals surface area contributed by atoms with Crippen LogP contribution in [0.3, 0.4) is 0 Å². The summed E-state index contributed by atoms with van der Waals surface area (Å²) in [6, 6.07) is 1.84. The molecule has 0 fully saturated rings. The molecule has 0 saturated heterocycles. The Bertz CT molecular complexity index is 936. The molecule has 28 heavy (non-hydrogen) atoms. The fourth-order valence-corrected chi connectivity index (χ4v) is 3.87. The van der Waals surface area contributed by atoms with Gasteiger partial charge in [0.25, 0.3) is 11.5 Å². The molecular formula is C20H30N4O3S. The Kier molecular flexibility index (Phi) is 7.23. The second-order valence-corrected chi connectivity index (χ2v) is 8.74. The minimum atomic E-state index is -0.627. The molecule has 0 bridgehead atoms. The van der Waals surface area contributed by atoms with Crippen molar-refractivity contribution in [3.63, 3.8) is 0 Å². The van der Waals surface area contributed by atoms with E-state index in [1.54, 1.807) is 0 Å². The fourth-order valence-electron chi connectivity index (χ4n) is 2.89. The van der Waals surface area contributed by atoms with Gasteiger partial charge in [0.05, 0.1) is 4.88 Å². The SMILES string of the molecule is CCCCn1c(N)c(N(CCC(C)C)C(=O)c2cc(C)c(C)s2)c(=O)[nH]c1=O. The van der Waals surface area contributed by atoms with Crippen LogP contribution in [-0.4, -0.2) is 22.0 Å². The third-order valence-corrected chi connectivity index (χ3v) is 5.91. The Balaban J connectivity index is 2.58. The zero-order chi connectivity index (χ0) is 21.0. The summed E-state index contributed by atoms with van der Waals surface area (Å²) < 4.78 is 1.35. The Hall–Kier alpha value is -2.35. The Morgan fingerprint density at radius 1 is 1.32 bits per heavy atom. The van der Waals surface area contributed by atoms with E-state index in [1.807, 2.05) is 26.8 Å². The minimum Gasteiger partial charge on any atom is -0.383 e. The van der Waals surface area contributed by atoms with Gasteiger partial charge < -0.3 is 5.73 Å². The van der Waals surface area contributed by atoms with Crippen molar-refractivity contribution in [1.82, 2.24) is 9.55 Å². The van der Waals surface area contributed by atoms with Crippen molar-refractivity contribution < 1.29 is 4.79 Å². The highest BCUT2D eigenvalue weighted by molar-refractivity contribution is 7.14. The summed E-state index contributed by atoms with van der Waals surface area (Å²) in [7, 11) is 0. The van der Waals surface area contributed by atoms with Gasteiger partial charge in [0, 0.05) is 18.0 Å². The quantitative estimate of drug-likeness (QED) is 0.702. The van der Waals surface area contributed by atoms with Gasteiger partial charge in [0.2, 0.25) is 0 Å². The number of aryl methyl sites for hydroxylation is 2. The maximum atomic E-state index is 13.3. The van der Waals surface area contributed by atoms with E-state index in [-0.39, 0.29) is 17.4 Å². The van der Waals surface area contributed by atoms with Crippen LogP contribution >= 0.6 is 11.3 Å². The number of anilines is 2. The third-order valence-electron chi connectivity index (χ3n) is 4.77. The average molecular weight is 407 g/mol. The van der Waals surface area contributed by atoms with Crippen molar-refractivity contribution in [3.05, 3.63) is 42.2 Å². The number of hydrogen-bond acceptors (Lipinski definition) is 5. The van der Waals surface area contributed by atoms with Gasteiger partial charge in [-0.25, -0.2) is 4.79 Å². The second kappa shape index (κ2) is 9.23. The molecule has 0 spiro atoms. The van der Waals surface area contributed by atoms with Gasteiger partial charge in [0.1, 0.15) is 5.82 Å². The zero-order valence-corrected chi connectivity index (χ0v) is 18.1. The maximum Gasteiger partial charge on any atom is 0.330 e. The summed E-state index contributed by atoms with van der Waals surface area (Å²) in [5.41, 5.74) is 6.16. The van der Waals surface area contributed by atoms with E-state index in [2.05, 4.69) is 18.8 Å². The lowest BCUT2D eigenvalue weighted by Crippen LogP contribution is -2.41. The number of nitrogens with zero attached hydrogens (tertiary/aromatic N) is 2. The van der Waals surface area contributed by atoms with Crippen molar-refractivity contribution in [2.45, 2.75) is 60.4 Å². The number of rotatable bonds is 8. The van der Waals surface area contributed by atoms with Gasteiger partial charge in [0.15, 0.2) is 5.69 Å². The van der Waals surface area contributed by atoms with Gasteiger partial charge >= 0.3 is 5.69 Å². The van der Waals surface area contributed by atoms with E-state index >= 15 is 0 Å². The number of unbranched alkanes of at least 4 members (excludes halogenated alkanes) is 1. The maximum absolute atomic E-state index is 13.3. The number of nitrogen functional groups attached to an aromatic ring is 1. The van der Waals surface area contributed by atoms with E-state index in [0.29, 0.717) is 30.3 Å². The van der Waals surface area contributed by atoms with Crippen LogP contribution in [0.25, 0.3) is 0 Å². The van der Waals surface area contributed by atoms with E-state index < -0.39 is 11.2 Å². The molecule has 8 heteroatoms. The van der Waals surface area contributed by atoms with Crippen LogP contribution in [0.5, 0.6) is 0 Å². The van der Waals surface area contributed by atoms with Crippen LogP contribution in [0.1, 0.15) is 60.1 Å². The summed E-state index contributed by atoms with van der Waals surface area (Å²) in [6.07, 6.45) is 2.34. The summed E-state index contributed by atoms with van der Waals surface area (Å²) in [6.45, 7) is 10.8. The highest BCUT2D eigenvalue weighted by Crippen LogP contribution is 2.26. The number of thiophene rings is 1. The lowest BCUT2D eigenvalue weighted by molar-refractivity contribution is 0.0989. The Labute approximate surface area is 169 Å². The monoisotopic (exact) mass is 406 g/mol. The van der Waals surface area contributed by atoms with E-state index in [1.165, 1.54) is 20.8 Å². The van der Waals surface area contributed by atoms with Crippen molar-refractivity contribution in [2.75, 3.05) is 17.2 Å². The molecule has 0 aliphatic heterocycles. The van der Waals surface area contributed by atoms with E-state index in [0.717, 1.165) is 23.3 Å². The van der Waals surface area contributed by atoms with Gasteiger partial charge in [-0.1, -0.05) is 27.2 Å². The van der Waals surface area contributed by atoms with Crippen LogP contribution in [0.15, 0.2) is 15.7 Å². The number of carbonyl (C=O) groups excluding carboxylic acids is 1. The zero-order valence-electron chi connectivity index (χ0n) is 17.3. The molecule has 2 rings (SSSR count). The topological polar surface area (TPSA) is 101 Å². The number of aromatic amines is 1. The second-order valence-electron chi connectivity index (χ2n) is 7.49. The Morgan fingerprint density at radius 2 is 2.00 bits per heavy atom. The summed E-state index contributed by atoms with van der Waals surface area (Å²) >= 11 is 1.40. The number of amides is 1. The minimum absolute atomic E-state index is 0.0457. The largest absolute Gasteiger partial charge is 0.383 e. The van der Waals surface area contributed by atoms with Gasteiger partial charge in [-0.2, -0.15) is 0 Å². The normalized spacial score (nSPS) is 11.2. The van der Waals surface area contributed by atoms with Crippen LogP contribution in [0, 0.1) is 19.8 Å². The molecule has 0 unspecified atom stereocenters. The van der Waals surface area contributed by atoms with E-state index in [4.69, 9.17) is 5.73 Å². The van der Waals surface area contributed by atoms with Crippen LogP contribution < -0.4 is 21.9 Å². The number of nitrogens with two attached hydrogens (primary N) is 1. The Morgan fingerprint density at radius 3 is 2.54 bits per heavy atom. The number of H-pyrrole nitrogens is 1. The number of nitrogens with one attached hydrogen (secondary N) is 1. The molecule has 0 atom stereocenters. The van der Waals surface area contributed by atoms with Crippen LogP contribution in [0.4, 0.5) is 11.5 Å². The van der Waals surface area contributed by atoms with Crippen molar-refractivity contribution in [3.8, 4) is 0 Å². The first-order chi connectivity index (χ1) is 13.2. The molecule has 2 aromatic rings. The predicted molar refractivity (Wildman–Crippen MR) is 116 cm³/mol. The third kappa shape index (κ3) is 4.73. The molecule has 0 aromatic carbocycles. The fraction of sp³-hybridized carbons (Fsp3) is 0.550. The van der Waals surface area contributed by atoms with Crippen molar-refractivity contribution in [1.29, 1.82) is 0 Å². The molecule has 3 N–H and O–H groups in total. The molecule has 2 heterocycles. The van der Waals surface area contributed by atoms with Crippen molar-refractivity contribution in [2.24, 2.45) is 5.92 Å². The molecular weight excluding hydrogens is 376 g/mol. The van der Waals surface area contributed by atoms with Gasteiger partial charge in [-0.05, 0) is 44.2 Å². The number of hydrogen-bond donors (Lipinski definition) is 2. The lowest BCUT2D eigenvalue weighted by atomic mass is 10.1. The molecule has 0 aliphatic rings. The molecule has 0 aliphatic carbocycles. The summed E-state index contributed by atoms with van der Waals surface area (Å²) in [5, 5.41) is 0. The first-order valence-corrected chi connectivity index (χ1v) is 10.5. The smallest absolute Gasteiger partial charge is 0.330 e. The van der Waals surface area contributed by atoms with Crippen molar-refractivity contribution >= 4 is 28.7 Å². The first-order valence-electron chi connectivity index (χ1n) is 9.68. The number of aromatic nitrogens is 2. The summed E-state index contributed by atoms with van der Waals surface area (Å²) in [4.78, 5) is 43.5. The predicted octanol–water partition coefficient (Wildman–Crippen LogP) is 3.29. The summed E-state index contributed by atoms with van der Waals surface area (Å²) in [5.74, 6) is 0.123. The van der Waals surface area contributed by atoms with Gasteiger partial charge in [-0.3, -0.25) is 24.0 Å². The van der Waals surface area contributed by atoms with Crippen LogP contribution in [0.2, 0.25) is 0 Å². The van der Waals surface area contributed by atoms with Gasteiger partial charge in [-0.15, -0.1) is 11.3 Å². The molecule has 7 nitrogen and oxygen atoms in total. The first kappa shape index (κ1) is 21.9. The molecule has 1 amide bonds. The highest BCUT2D eigenvalue weighted by atomic mass is 32.1. The molecule has 0 saturated carbocycles. The van der Waals surface area contributed by atoms with E-state index in [9.17, 15) is 14.4 Å². The highest BCUT2D eigenvalue weighted by Gasteiger charge is 2.26. The molecule has 154 valence electrons. The molecule has 0 radical (unpaired) electrons. The standard InChI is InChI=1S/C20H30N4O3S/c1-6-7-9-24-17(21)16(18(25)22-20(24)27)23(10-8-12(2)3)19(26)15-11-13(4)14(5)28-15/h11-12H,6-10,21H2,1-5H3,(H,22,25,27). The van der Waals surface area contributed by atoms with Crippen LogP contribution in [-0.2, 0) is 6.54 Å². The number of carbonyl (C=O) groups is 1. The average Bonchev–Trinajstić information content (AvgIpc) is 2.95. The lowest BCUT2D eigenvalue weighted by Gasteiger charge is -2.25. The molecule has 2 aromatic heterocycles.